The lowest BCUT2D eigenvalue weighted by atomic mass is 9.99. The standard InChI is InChI=1S/C18H21ClO6S/c19-11-4-1-10(2-5-11)3-6-14-12(7-8-26-14)24-18-17(23)16(22)15(21)13(9-20)25-18/h1-2,4-5,7-8,13,15-18,20-23H,3,6,9H2. The van der Waals surface area contributed by atoms with E-state index in [1.54, 1.807) is 6.07 Å². The molecular formula is C18H21ClO6S. The van der Waals surface area contributed by atoms with Crippen LogP contribution in [0.15, 0.2) is 35.7 Å². The fourth-order valence-electron chi connectivity index (χ4n) is 2.81. The Balaban J connectivity index is 1.65. The van der Waals surface area contributed by atoms with Gasteiger partial charge in [0, 0.05) is 9.90 Å². The second-order valence-electron chi connectivity index (χ2n) is 6.15. The lowest BCUT2D eigenvalue weighted by Gasteiger charge is -2.39. The summed E-state index contributed by atoms with van der Waals surface area (Å²) < 4.78 is 11.1. The topological polar surface area (TPSA) is 99.4 Å². The maximum absolute atomic E-state index is 10.1. The summed E-state index contributed by atoms with van der Waals surface area (Å²) in [5.74, 6) is 0.549. The van der Waals surface area contributed by atoms with E-state index in [4.69, 9.17) is 21.1 Å². The molecule has 26 heavy (non-hydrogen) atoms. The molecule has 0 radical (unpaired) electrons. The fourth-order valence-corrected chi connectivity index (χ4v) is 3.75. The Morgan fingerprint density at radius 1 is 1.00 bits per heavy atom. The summed E-state index contributed by atoms with van der Waals surface area (Å²) in [7, 11) is 0. The molecule has 1 aromatic carbocycles. The van der Waals surface area contributed by atoms with Crippen molar-refractivity contribution in [2.24, 2.45) is 0 Å². The number of ether oxygens (including phenoxy) is 2. The van der Waals surface area contributed by atoms with Gasteiger partial charge in [0.1, 0.15) is 30.2 Å². The van der Waals surface area contributed by atoms with Crippen LogP contribution in [0.3, 0.4) is 0 Å². The summed E-state index contributed by atoms with van der Waals surface area (Å²) in [6.45, 7) is -0.488. The van der Waals surface area contributed by atoms with Gasteiger partial charge in [-0.2, -0.15) is 0 Å². The van der Waals surface area contributed by atoms with E-state index in [9.17, 15) is 20.4 Å². The number of aliphatic hydroxyl groups is 4. The highest BCUT2D eigenvalue weighted by Crippen LogP contribution is 2.30. The Morgan fingerprint density at radius 3 is 2.42 bits per heavy atom. The minimum absolute atomic E-state index is 0.488. The molecule has 6 nitrogen and oxygen atoms in total. The van der Waals surface area contributed by atoms with Crippen LogP contribution in [0.1, 0.15) is 10.4 Å². The molecule has 3 rings (SSSR count). The van der Waals surface area contributed by atoms with Gasteiger partial charge >= 0.3 is 0 Å². The number of thiophene rings is 1. The predicted molar refractivity (Wildman–Crippen MR) is 97.6 cm³/mol. The summed E-state index contributed by atoms with van der Waals surface area (Å²) in [4.78, 5) is 0.969. The molecule has 0 bridgehead atoms. The van der Waals surface area contributed by atoms with Gasteiger partial charge in [-0.3, -0.25) is 0 Å². The van der Waals surface area contributed by atoms with Gasteiger partial charge in [0.2, 0.25) is 6.29 Å². The Morgan fingerprint density at radius 2 is 1.73 bits per heavy atom. The molecule has 1 fully saturated rings. The molecule has 0 spiro atoms. The van der Waals surface area contributed by atoms with Crippen LogP contribution < -0.4 is 4.74 Å². The molecule has 0 saturated carbocycles. The molecule has 1 aliphatic rings. The molecule has 0 amide bonds. The van der Waals surface area contributed by atoms with Crippen molar-refractivity contribution in [3.8, 4) is 5.75 Å². The number of aryl methyl sites for hydroxylation is 2. The van der Waals surface area contributed by atoms with Gasteiger partial charge in [0.25, 0.3) is 0 Å². The minimum atomic E-state index is -1.46. The summed E-state index contributed by atoms with van der Waals surface area (Å²) in [6.07, 6.45) is -4.92. The first kappa shape index (κ1) is 19.6. The van der Waals surface area contributed by atoms with Crippen molar-refractivity contribution in [1.82, 2.24) is 0 Å². The maximum atomic E-state index is 10.1. The lowest BCUT2D eigenvalue weighted by molar-refractivity contribution is -0.277. The van der Waals surface area contributed by atoms with Gasteiger partial charge in [-0.15, -0.1) is 11.3 Å². The quantitative estimate of drug-likeness (QED) is 0.584. The van der Waals surface area contributed by atoms with Crippen LogP contribution in [0.2, 0.25) is 5.02 Å². The largest absolute Gasteiger partial charge is 0.461 e. The van der Waals surface area contributed by atoms with Gasteiger partial charge < -0.3 is 29.9 Å². The highest BCUT2D eigenvalue weighted by atomic mass is 35.5. The minimum Gasteiger partial charge on any atom is -0.461 e. The van der Waals surface area contributed by atoms with Crippen LogP contribution in [0.4, 0.5) is 0 Å². The van der Waals surface area contributed by atoms with E-state index in [1.165, 1.54) is 11.3 Å². The number of hydrogen-bond acceptors (Lipinski definition) is 7. The van der Waals surface area contributed by atoms with Crippen molar-refractivity contribution in [2.75, 3.05) is 6.61 Å². The van der Waals surface area contributed by atoms with Gasteiger partial charge in [0.05, 0.1) is 6.61 Å². The third-order valence-corrected chi connectivity index (χ3v) is 5.56. The van der Waals surface area contributed by atoms with Crippen LogP contribution in [0.25, 0.3) is 0 Å². The first-order chi connectivity index (χ1) is 12.5. The zero-order chi connectivity index (χ0) is 18.7. The molecule has 5 unspecified atom stereocenters. The van der Waals surface area contributed by atoms with E-state index < -0.39 is 37.3 Å². The average Bonchev–Trinajstić information content (AvgIpc) is 3.09. The van der Waals surface area contributed by atoms with E-state index in [-0.39, 0.29) is 0 Å². The Labute approximate surface area is 160 Å². The van der Waals surface area contributed by atoms with Crippen molar-refractivity contribution < 1.29 is 29.9 Å². The van der Waals surface area contributed by atoms with Crippen LogP contribution in [-0.2, 0) is 17.6 Å². The molecule has 4 N–H and O–H groups in total. The Bertz CT molecular complexity index is 704. The maximum Gasteiger partial charge on any atom is 0.229 e. The summed E-state index contributed by atoms with van der Waals surface area (Å²) in [5, 5.41) is 41.6. The van der Waals surface area contributed by atoms with Gasteiger partial charge in [-0.05, 0) is 42.0 Å². The van der Waals surface area contributed by atoms with Crippen molar-refractivity contribution >= 4 is 22.9 Å². The van der Waals surface area contributed by atoms with Crippen molar-refractivity contribution in [1.29, 1.82) is 0 Å². The second-order valence-corrected chi connectivity index (χ2v) is 7.59. The van der Waals surface area contributed by atoms with Crippen LogP contribution in [0, 0.1) is 0 Å². The molecule has 0 aliphatic carbocycles. The Kier molecular flexibility index (Phi) is 6.52. The fraction of sp³-hybridized carbons (Fsp3) is 0.444. The van der Waals surface area contributed by atoms with E-state index in [0.29, 0.717) is 10.8 Å². The predicted octanol–water partition coefficient (Wildman–Crippen LogP) is 1.37. The average molecular weight is 401 g/mol. The van der Waals surface area contributed by atoms with E-state index >= 15 is 0 Å². The molecule has 1 aliphatic heterocycles. The molecule has 2 heterocycles. The number of benzene rings is 1. The van der Waals surface area contributed by atoms with Gasteiger partial charge in [-0.1, -0.05) is 23.7 Å². The van der Waals surface area contributed by atoms with Crippen molar-refractivity contribution in [3.63, 3.8) is 0 Å². The number of halogens is 1. The summed E-state index contributed by atoms with van der Waals surface area (Å²) in [6, 6.07) is 9.39. The first-order valence-corrected chi connectivity index (χ1v) is 9.53. The zero-order valence-electron chi connectivity index (χ0n) is 13.9. The van der Waals surface area contributed by atoms with E-state index in [2.05, 4.69) is 0 Å². The molecule has 1 aromatic heterocycles. The number of aliphatic hydroxyl groups excluding tert-OH is 4. The van der Waals surface area contributed by atoms with Crippen LogP contribution >= 0.6 is 22.9 Å². The second kappa shape index (κ2) is 8.67. The van der Waals surface area contributed by atoms with Crippen LogP contribution in [0.5, 0.6) is 5.75 Å². The lowest BCUT2D eigenvalue weighted by Crippen LogP contribution is -2.60. The molecule has 8 heteroatoms. The Hall–Kier alpha value is -1.19. The van der Waals surface area contributed by atoms with E-state index in [0.717, 1.165) is 23.3 Å². The normalized spacial score (nSPS) is 28.9. The highest BCUT2D eigenvalue weighted by molar-refractivity contribution is 7.10. The van der Waals surface area contributed by atoms with Crippen molar-refractivity contribution in [3.05, 3.63) is 51.2 Å². The molecule has 5 atom stereocenters. The van der Waals surface area contributed by atoms with Gasteiger partial charge in [0.15, 0.2) is 0 Å². The molecule has 2 aromatic rings. The summed E-state index contributed by atoms with van der Waals surface area (Å²) >= 11 is 7.41. The zero-order valence-corrected chi connectivity index (χ0v) is 15.4. The molecule has 142 valence electrons. The highest BCUT2D eigenvalue weighted by Gasteiger charge is 2.44. The number of hydrogen-bond donors (Lipinski definition) is 4. The molecular weight excluding hydrogens is 380 g/mol. The first-order valence-electron chi connectivity index (χ1n) is 8.27. The van der Waals surface area contributed by atoms with E-state index in [1.807, 2.05) is 29.6 Å². The SMILES string of the molecule is OCC1OC(Oc2ccsc2CCc2ccc(Cl)cc2)C(O)C(O)C1O. The molecule has 1 saturated heterocycles. The smallest absolute Gasteiger partial charge is 0.229 e. The van der Waals surface area contributed by atoms with Gasteiger partial charge in [-0.25, -0.2) is 0 Å². The third kappa shape index (κ3) is 4.37. The van der Waals surface area contributed by atoms with Crippen LogP contribution in [-0.4, -0.2) is 57.7 Å². The third-order valence-electron chi connectivity index (χ3n) is 4.35. The summed E-state index contributed by atoms with van der Waals surface area (Å²) in [5.41, 5.74) is 1.14. The monoisotopic (exact) mass is 400 g/mol. The van der Waals surface area contributed by atoms with Crippen molar-refractivity contribution in [2.45, 2.75) is 43.5 Å². The number of rotatable bonds is 6.